The highest BCUT2D eigenvalue weighted by Crippen LogP contribution is 2.23. The molecule has 0 saturated heterocycles. The zero-order valence-corrected chi connectivity index (χ0v) is 17.3. The molecule has 0 radical (unpaired) electrons. The molecular formula is C22H32N2O4. The lowest BCUT2D eigenvalue weighted by Crippen LogP contribution is -2.47. The van der Waals surface area contributed by atoms with Crippen LogP contribution in [0.3, 0.4) is 0 Å². The summed E-state index contributed by atoms with van der Waals surface area (Å²) in [6.45, 7) is 7.30. The summed E-state index contributed by atoms with van der Waals surface area (Å²) in [6.07, 6.45) is 4.36. The highest BCUT2D eigenvalue weighted by molar-refractivity contribution is 5.98. The van der Waals surface area contributed by atoms with Crippen molar-refractivity contribution in [3.63, 3.8) is 0 Å². The summed E-state index contributed by atoms with van der Waals surface area (Å²) in [4.78, 5) is 37.2. The van der Waals surface area contributed by atoms with Gasteiger partial charge in [-0.15, -0.1) is 0 Å². The van der Waals surface area contributed by atoms with E-state index in [0.717, 1.165) is 24.8 Å². The Morgan fingerprint density at radius 3 is 2.46 bits per heavy atom. The van der Waals surface area contributed by atoms with Crippen LogP contribution in [0.15, 0.2) is 24.3 Å². The monoisotopic (exact) mass is 388 g/mol. The number of nitrogens with one attached hydrogen (secondary N) is 2. The minimum absolute atomic E-state index is 0.140. The van der Waals surface area contributed by atoms with Gasteiger partial charge in [-0.25, -0.2) is 4.79 Å². The third kappa shape index (κ3) is 6.08. The minimum atomic E-state index is -0.812. The SMILES string of the molecule is Cc1ccccc1C(=O)N[C@H](C(=O)OCC(=O)N[C@@H]1CCCC[C@@H]1C)C(C)C. The van der Waals surface area contributed by atoms with Crippen molar-refractivity contribution in [2.75, 3.05) is 6.61 Å². The topological polar surface area (TPSA) is 84.5 Å². The number of hydrogen-bond donors (Lipinski definition) is 2. The average Bonchev–Trinajstić information content (AvgIpc) is 2.66. The molecule has 0 heterocycles. The van der Waals surface area contributed by atoms with Gasteiger partial charge in [0.15, 0.2) is 6.61 Å². The van der Waals surface area contributed by atoms with E-state index in [1.54, 1.807) is 12.1 Å². The van der Waals surface area contributed by atoms with Crippen molar-refractivity contribution >= 4 is 17.8 Å². The summed E-state index contributed by atoms with van der Waals surface area (Å²) in [7, 11) is 0. The number of ether oxygens (including phenoxy) is 1. The molecule has 0 bridgehead atoms. The van der Waals surface area contributed by atoms with Crippen LogP contribution in [0.5, 0.6) is 0 Å². The average molecular weight is 389 g/mol. The van der Waals surface area contributed by atoms with Crippen molar-refractivity contribution in [1.82, 2.24) is 10.6 Å². The third-order valence-electron chi connectivity index (χ3n) is 5.40. The highest BCUT2D eigenvalue weighted by atomic mass is 16.5. The van der Waals surface area contributed by atoms with Gasteiger partial charge in [-0.05, 0) is 43.2 Å². The molecule has 28 heavy (non-hydrogen) atoms. The Morgan fingerprint density at radius 1 is 1.14 bits per heavy atom. The van der Waals surface area contributed by atoms with Crippen LogP contribution in [0, 0.1) is 18.8 Å². The lowest BCUT2D eigenvalue weighted by Gasteiger charge is -2.29. The van der Waals surface area contributed by atoms with E-state index in [0.29, 0.717) is 11.5 Å². The second-order valence-corrected chi connectivity index (χ2v) is 8.05. The van der Waals surface area contributed by atoms with Gasteiger partial charge in [-0.2, -0.15) is 0 Å². The number of carbonyl (C=O) groups excluding carboxylic acids is 3. The molecule has 0 unspecified atom stereocenters. The predicted octanol–water partition coefficient (Wildman–Crippen LogP) is 2.99. The van der Waals surface area contributed by atoms with Crippen molar-refractivity contribution in [3.8, 4) is 0 Å². The minimum Gasteiger partial charge on any atom is -0.454 e. The Morgan fingerprint density at radius 2 is 1.82 bits per heavy atom. The summed E-state index contributed by atoms with van der Waals surface area (Å²) in [5.74, 6) is -0.940. The van der Waals surface area contributed by atoms with Crippen LogP contribution in [-0.2, 0) is 14.3 Å². The van der Waals surface area contributed by atoms with Crippen LogP contribution in [-0.4, -0.2) is 36.5 Å². The Bertz CT molecular complexity index is 702. The lowest BCUT2D eigenvalue weighted by atomic mass is 9.86. The van der Waals surface area contributed by atoms with Crippen LogP contribution in [0.4, 0.5) is 0 Å². The molecule has 1 aliphatic carbocycles. The van der Waals surface area contributed by atoms with Crippen LogP contribution in [0.1, 0.15) is 62.4 Å². The maximum Gasteiger partial charge on any atom is 0.329 e. The molecular weight excluding hydrogens is 356 g/mol. The van der Waals surface area contributed by atoms with Gasteiger partial charge < -0.3 is 15.4 Å². The molecule has 0 aliphatic heterocycles. The molecule has 6 nitrogen and oxygen atoms in total. The first kappa shape index (κ1) is 21.9. The molecule has 2 amide bonds. The Hall–Kier alpha value is -2.37. The fraction of sp³-hybridized carbons (Fsp3) is 0.591. The second-order valence-electron chi connectivity index (χ2n) is 8.05. The molecule has 154 valence electrons. The van der Waals surface area contributed by atoms with Gasteiger partial charge in [-0.3, -0.25) is 9.59 Å². The van der Waals surface area contributed by atoms with E-state index in [1.807, 2.05) is 32.9 Å². The largest absolute Gasteiger partial charge is 0.454 e. The highest BCUT2D eigenvalue weighted by Gasteiger charge is 2.28. The molecule has 1 fully saturated rings. The molecule has 1 saturated carbocycles. The van der Waals surface area contributed by atoms with Crippen LogP contribution in [0.2, 0.25) is 0 Å². The standard InChI is InChI=1S/C22H32N2O4/c1-14(2)20(24-21(26)17-11-7-5-9-15(17)3)22(27)28-13-19(25)23-18-12-8-6-10-16(18)4/h5,7,9,11,14,16,18,20H,6,8,10,12-13H2,1-4H3,(H,23,25)(H,24,26)/t16-,18+,20-/m0/s1. The number of hydrogen-bond acceptors (Lipinski definition) is 4. The number of esters is 1. The summed E-state index contributed by atoms with van der Waals surface area (Å²) >= 11 is 0. The first-order valence-corrected chi connectivity index (χ1v) is 10.1. The summed E-state index contributed by atoms with van der Waals surface area (Å²) in [5.41, 5.74) is 1.35. The zero-order chi connectivity index (χ0) is 20.7. The van der Waals surface area contributed by atoms with E-state index in [9.17, 15) is 14.4 Å². The molecule has 0 spiro atoms. The zero-order valence-electron chi connectivity index (χ0n) is 17.3. The van der Waals surface area contributed by atoms with Crippen molar-refractivity contribution in [2.24, 2.45) is 11.8 Å². The number of benzene rings is 1. The van der Waals surface area contributed by atoms with Crippen LogP contribution >= 0.6 is 0 Å². The quantitative estimate of drug-likeness (QED) is 0.703. The van der Waals surface area contributed by atoms with Gasteiger partial charge in [0.2, 0.25) is 0 Å². The van der Waals surface area contributed by atoms with Gasteiger partial charge in [0, 0.05) is 11.6 Å². The van der Waals surface area contributed by atoms with Crippen molar-refractivity contribution in [3.05, 3.63) is 35.4 Å². The predicted molar refractivity (Wildman–Crippen MR) is 108 cm³/mol. The van der Waals surface area contributed by atoms with Crippen LogP contribution < -0.4 is 10.6 Å². The second kappa shape index (κ2) is 10.2. The molecule has 1 aromatic rings. The van der Waals surface area contributed by atoms with Gasteiger partial charge >= 0.3 is 5.97 Å². The van der Waals surface area contributed by atoms with Gasteiger partial charge in [-0.1, -0.05) is 51.8 Å². The first-order chi connectivity index (χ1) is 13.3. The molecule has 3 atom stereocenters. The normalized spacial score (nSPS) is 20.3. The molecule has 0 aromatic heterocycles. The molecule has 2 rings (SSSR count). The van der Waals surface area contributed by atoms with E-state index in [2.05, 4.69) is 17.6 Å². The summed E-state index contributed by atoms with van der Waals surface area (Å²) in [6, 6.07) is 6.52. The first-order valence-electron chi connectivity index (χ1n) is 10.1. The van der Waals surface area contributed by atoms with Crippen LogP contribution in [0.25, 0.3) is 0 Å². The number of rotatable bonds is 7. The molecule has 1 aliphatic rings. The van der Waals surface area contributed by atoms with E-state index in [1.165, 1.54) is 6.42 Å². The number of amides is 2. The van der Waals surface area contributed by atoms with Crippen molar-refractivity contribution < 1.29 is 19.1 Å². The maximum absolute atomic E-state index is 12.5. The Balaban J connectivity index is 1.89. The van der Waals surface area contributed by atoms with Gasteiger partial charge in [0.1, 0.15) is 6.04 Å². The molecule has 1 aromatic carbocycles. The van der Waals surface area contributed by atoms with Crippen molar-refractivity contribution in [2.45, 2.75) is 65.5 Å². The van der Waals surface area contributed by atoms with E-state index in [-0.39, 0.29) is 30.4 Å². The summed E-state index contributed by atoms with van der Waals surface area (Å²) in [5, 5.41) is 5.70. The molecule has 2 N–H and O–H groups in total. The fourth-order valence-electron chi connectivity index (χ4n) is 3.55. The van der Waals surface area contributed by atoms with E-state index < -0.39 is 12.0 Å². The van der Waals surface area contributed by atoms with E-state index >= 15 is 0 Å². The van der Waals surface area contributed by atoms with E-state index in [4.69, 9.17) is 4.74 Å². The maximum atomic E-state index is 12.5. The smallest absolute Gasteiger partial charge is 0.329 e. The molecule has 6 heteroatoms. The number of aryl methyl sites for hydroxylation is 1. The lowest BCUT2D eigenvalue weighted by molar-refractivity contribution is -0.151. The third-order valence-corrected chi connectivity index (χ3v) is 5.40. The number of carbonyl (C=O) groups is 3. The van der Waals surface area contributed by atoms with Gasteiger partial charge in [0.25, 0.3) is 11.8 Å². The summed E-state index contributed by atoms with van der Waals surface area (Å²) < 4.78 is 5.21. The Kier molecular flexibility index (Phi) is 8.03. The van der Waals surface area contributed by atoms with Crippen molar-refractivity contribution in [1.29, 1.82) is 0 Å². The fourth-order valence-corrected chi connectivity index (χ4v) is 3.55. The van der Waals surface area contributed by atoms with Gasteiger partial charge in [0.05, 0.1) is 0 Å². The Labute approximate surface area is 167 Å².